The van der Waals surface area contributed by atoms with Gasteiger partial charge in [-0.1, -0.05) is 13.8 Å². The Balaban J connectivity index is 3.40. The van der Waals surface area contributed by atoms with Crippen LogP contribution in [0, 0.1) is 24.7 Å². The summed E-state index contributed by atoms with van der Waals surface area (Å²) in [5.41, 5.74) is 4.28. The van der Waals surface area contributed by atoms with Crippen LogP contribution in [0.2, 0.25) is 0 Å². The molecule has 1 heterocycles. The van der Waals surface area contributed by atoms with E-state index in [1.165, 1.54) is 11.1 Å². The average Bonchev–Trinajstić information content (AvgIpc) is 2.28. The standard InChI is InChI=1S/C14H15N/c1-5-9-13-12(7-3)11(6-2)10-15-14(13)8-4/h1,4,10H,6-7,9H2,2-3H3. The third kappa shape index (κ3) is 2.20. The van der Waals surface area contributed by atoms with Gasteiger partial charge in [0, 0.05) is 18.2 Å². The van der Waals surface area contributed by atoms with Crippen molar-refractivity contribution in [3.8, 4) is 24.7 Å². The maximum Gasteiger partial charge on any atom is 0.117 e. The highest BCUT2D eigenvalue weighted by Crippen LogP contribution is 2.18. The second-order valence-electron chi connectivity index (χ2n) is 3.32. The van der Waals surface area contributed by atoms with Gasteiger partial charge in [-0.05, 0) is 29.9 Å². The first-order valence-electron chi connectivity index (χ1n) is 5.18. The van der Waals surface area contributed by atoms with Crippen LogP contribution < -0.4 is 0 Å². The Kier molecular flexibility index (Phi) is 3.95. The van der Waals surface area contributed by atoms with Crippen molar-refractivity contribution in [2.45, 2.75) is 33.1 Å². The number of aromatic nitrogens is 1. The number of rotatable bonds is 3. The minimum Gasteiger partial charge on any atom is -0.247 e. The number of pyridine rings is 1. The fourth-order valence-corrected chi connectivity index (χ4v) is 1.80. The Labute approximate surface area is 91.9 Å². The number of hydrogen-bond acceptors (Lipinski definition) is 1. The normalized spacial score (nSPS) is 9.33. The van der Waals surface area contributed by atoms with E-state index in [1.54, 1.807) is 0 Å². The van der Waals surface area contributed by atoms with Crippen molar-refractivity contribution >= 4 is 0 Å². The fraction of sp³-hybridized carbons (Fsp3) is 0.357. The average molecular weight is 197 g/mol. The molecule has 0 unspecified atom stereocenters. The van der Waals surface area contributed by atoms with E-state index in [1.807, 2.05) is 6.20 Å². The van der Waals surface area contributed by atoms with Gasteiger partial charge in [-0.15, -0.1) is 18.8 Å². The molecule has 0 aromatic carbocycles. The number of hydrogen-bond donors (Lipinski definition) is 0. The van der Waals surface area contributed by atoms with Crippen LogP contribution in [-0.2, 0) is 19.3 Å². The largest absolute Gasteiger partial charge is 0.247 e. The van der Waals surface area contributed by atoms with Crippen molar-refractivity contribution in [3.05, 3.63) is 28.6 Å². The van der Waals surface area contributed by atoms with E-state index in [4.69, 9.17) is 12.8 Å². The quantitative estimate of drug-likeness (QED) is 0.678. The lowest BCUT2D eigenvalue weighted by molar-refractivity contribution is 0.971. The molecule has 0 N–H and O–H groups in total. The second kappa shape index (κ2) is 5.23. The van der Waals surface area contributed by atoms with Crippen LogP contribution in [0.5, 0.6) is 0 Å². The molecule has 0 bridgehead atoms. The summed E-state index contributed by atoms with van der Waals surface area (Å²) >= 11 is 0. The highest BCUT2D eigenvalue weighted by atomic mass is 14.7. The molecule has 76 valence electrons. The Hall–Kier alpha value is -1.73. The molecule has 0 fully saturated rings. The topological polar surface area (TPSA) is 12.9 Å². The Morgan fingerprint density at radius 1 is 1.20 bits per heavy atom. The highest BCUT2D eigenvalue weighted by Gasteiger charge is 2.10. The third-order valence-electron chi connectivity index (χ3n) is 2.54. The minimum atomic E-state index is 0.573. The maximum atomic E-state index is 5.41. The van der Waals surface area contributed by atoms with E-state index in [-0.39, 0.29) is 0 Å². The summed E-state index contributed by atoms with van der Waals surface area (Å²) in [4.78, 5) is 4.26. The number of terminal acetylenes is 2. The maximum absolute atomic E-state index is 5.41. The molecule has 1 aromatic rings. The molecule has 1 rings (SSSR count). The summed E-state index contributed by atoms with van der Waals surface area (Å²) in [6.07, 6.45) is 15.1. The van der Waals surface area contributed by atoms with Crippen LogP contribution in [0.15, 0.2) is 6.20 Å². The van der Waals surface area contributed by atoms with E-state index < -0.39 is 0 Å². The predicted octanol–water partition coefficient (Wildman–Crippen LogP) is 2.36. The lowest BCUT2D eigenvalue weighted by atomic mass is 9.96. The first kappa shape index (κ1) is 11.3. The summed E-state index contributed by atoms with van der Waals surface area (Å²) in [6, 6.07) is 0. The third-order valence-corrected chi connectivity index (χ3v) is 2.54. The van der Waals surface area contributed by atoms with E-state index >= 15 is 0 Å². The van der Waals surface area contributed by atoms with Crippen molar-refractivity contribution in [3.63, 3.8) is 0 Å². The molecule has 0 aliphatic heterocycles. The molecule has 1 aromatic heterocycles. The first-order valence-corrected chi connectivity index (χ1v) is 5.18. The smallest absolute Gasteiger partial charge is 0.117 e. The molecule has 0 aliphatic carbocycles. The van der Waals surface area contributed by atoms with Crippen molar-refractivity contribution in [1.82, 2.24) is 4.98 Å². The van der Waals surface area contributed by atoms with Crippen molar-refractivity contribution < 1.29 is 0 Å². The molecule has 0 spiro atoms. The van der Waals surface area contributed by atoms with E-state index in [0.717, 1.165) is 18.4 Å². The summed E-state index contributed by atoms with van der Waals surface area (Å²) in [7, 11) is 0. The van der Waals surface area contributed by atoms with Crippen LogP contribution in [-0.4, -0.2) is 4.98 Å². The van der Waals surface area contributed by atoms with Crippen LogP contribution in [0.25, 0.3) is 0 Å². The number of aryl methyl sites for hydroxylation is 1. The molecule has 15 heavy (non-hydrogen) atoms. The molecule has 0 atom stereocenters. The van der Waals surface area contributed by atoms with E-state index in [2.05, 4.69) is 30.7 Å². The minimum absolute atomic E-state index is 0.573. The van der Waals surface area contributed by atoms with E-state index in [0.29, 0.717) is 12.1 Å². The molecule has 0 saturated carbocycles. The molecular formula is C14H15N. The van der Waals surface area contributed by atoms with Gasteiger partial charge in [0.2, 0.25) is 0 Å². The predicted molar refractivity (Wildman–Crippen MR) is 63.5 cm³/mol. The zero-order valence-electron chi connectivity index (χ0n) is 9.30. The van der Waals surface area contributed by atoms with Crippen LogP contribution in [0.4, 0.5) is 0 Å². The van der Waals surface area contributed by atoms with Gasteiger partial charge in [0.1, 0.15) is 5.69 Å². The fourth-order valence-electron chi connectivity index (χ4n) is 1.80. The van der Waals surface area contributed by atoms with Crippen molar-refractivity contribution in [2.75, 3.05) is 0 Å². The molecule has 0 saturated heterocycles. The molecule has 0 amide bonds. The van der Waals surface area contributed by atoms with Crippen molar-refractivity contribution in [2.24, 2.45) is 0 Å². The van der Waals surface area contributed by atoms with Gasteiger partial charge < -0.3 is 0 Å². The molecule has 1 heteroatoms. The zero-order chi connectivity index (χ0) is 11.3. The molecule has 0 aliphatic rings. The monoisotopic (exact) mass is 197 g/mol. The van der Waals surface area contributed by atoms with Gasteiger partial charge in [-0.3, -0.25) is 0 Å². The van der Waals surface area contributed by atoms with Gasteiger partial charge >= 0.3 is 0 Å². The van der Waals surface area contributed by atoms with Gasteiger partial charge in [0.15, 0.2) is 0 Å². The highest BCUT2D eigenvalue weighted by molar-refractivity contribution is 5.45. The van der Waals surface area contributed by atoms with Gasteiger partial charge in [-0.2, -0.15) is 0 Å². The van der Waals surface area contributed by atoms with E-state index in [9.17, 15) is 0 Å². The lowest BCUT2D eigenvalue weighted by Gasteiger charge is -2.11. The van der Waals surface area contributed by atoms with Crippen LogP contribution in [0.3, 0.4) is 0 Å². The summed E-state index contributed by atoms with van der Waals surface area (Å²) in [5, 5.41) is 0. The van der Waals surface area contributed by atoms with Crippen molar-refractivity contribution in [1.29, 1.82) is 0 Å². The van der Waals surface area contributed by atoms with Gasteiger partial charge in [0.05, 0.1) is 0 Å². The van der Waals surface area contributed by atoms with Crippen LogP contribution in [0.1, 0.15) is 36.2 Å². The summed E-state index contributed by atoms with van der Waals surface area (Å²) in [6.45, 7) is 4.24. The SMILES string of the molecule is C#CCc1c(C#C)ncc(CC)c1CC. The Morgan fingerprint density at radius 3 is 2.40 bits per heavy atom. The first-order chi connectivity index (χ1) is 7.28. The summed E-state index contributed by atoms with van der Waals surface area (Å²) < 4.78 is 0. The molecular weight excluding hydrogens is 182 g/mol. The summed E-state index contributed by atoms with van der Waals surface area (Å²) in [5.74, 6) is 5.25. The van der Waals surface area contributed by atoms with Gasteiger partial charge in [0.25, 0.3) is 0 Å². The van der Waals surface area contributed by atoms with Crippen LogP contribution >= 0.6 is 0 Å². The lowest BCUT2D eigenvalue weighted by Crippen LogP contribution is -2.03. The Morgan fingerprint density at radius 2 is 1.93 bits per heavy atom. The second-order valence-corrected chi connectivity index (χ2v) is 3.32. The number of nitrogens with zero attached hydrogens (tertiary/aromatic N) is 1. The molecule has 1 nitrogen and oxygen atoms in total. The molecule has 0 radical (unpaired) electrons. The zero-order valence-corrected chi connectivity index (χ0v) is 9.30. The Bertz CT molecular complexity index is 430. The van der Waals surface area contributed by atoms with Gasteiger partial charge in [-0.25, -0.2) is 4.98 Å².